The number of hydrogen-bond acceptors (Lipinski definition) is 13. The summed E-state index contributed by atoms with van der Waals surface area (Å²) in [4.78, 5) is 3.28. The number of aliphatic hydroxyl groups excluding tert-OH is 6. The van der Waals surface area contributed by atoms with Gasteiger partial charge in [0.25, 0.3) is 0 Å². The Kier molecular flexibility index (Phi) is 34.7. The minimum atomic E-state index is -4.67. The summed E-state index contributed by atoms with van der Waals surface area (Å²) in [5.74, 6) is 0. The van der Waals surface area contributed by atoms with Gasteiger partial charge in [-0.3, -0.25) is 18.2 Å². The molecular formula is C6H23KNNaO17S2. The van der Waals surface area contributed by atoms with Gasteiger partial charge >= 0.3 is 102 Å². The van der Waals surface area contributed by atoms with Gasteiger partial charge in [0.1, 0.15) is 24.4 Å². The van der Waals surface area contributed by atoms with Gasteiger partial charge in [0.2, 0.25) is 0 Å². The van der Waals surface area contributed by atoms with E-state index in [0.717, 1.165) is 0 Å². The molecule has 0 aromatic rings. The van der Waals surface area contributed by atoms with Crippen molar-refractivity contribution in [3.8, 4) is 0 Å². The summed E-state index contributed by atoms with van der Waals surface area (Å²) >= 11 is 0. The number of aliphatic hydroxyl groups is 6. The molecule has 0 aliphatic heterocycles. The normalized spacial score (nSPS) is 15.8. The number of hydrogen-bond donors (Lipinski definition) is 12. The molecular weight excluding hydrogens is 484 g/mol. The first-order valence-corrected chi connectivity index (χ1v) is 8.22. The van der Waals surface area contributed by atoms with Crippen molar-refractivity contribution in [2.75, 3.05) is 6.61 Å². The molecule has 0 aromatic heterocycles. The zero-order chi connectivity index (χ0) is 21.0. The maximum absolute atomic E-state index is 9.18. The smallest absolute Gasteiger partial charge is 1.00 e. The van der Waals surface area contributed by atoms with Crippen molar-refractivity contribution in [3.63, 3.8) is 0 Å². The standard InChI is InChI=1S/C6H15NO8.K.Na.2H2O4S.H2O.2H/c8-1-2(9)3(10)4(11)5(12)6(13)7-15-14;;;2*1-5(2,3)4;;;/h2-14H,1H2;;;2*(H2,1,2,3,4);1H2;;/q;2*+1;;;;2*-1/t2-,3-,4+,5-,6?;;;;;;;/m1......./s1. The van der Waals surface area contributed by atoms with E-state index in [1.54, 1.807) is 0 Å². The van der Waals surface area contributed by atoms with Crippen LogP contribution in [-0.2, 0) is 25.8 Å². The zero-order valence-electron chi connectivity index (χ0n) is 16.4. The molecule has 0 bridgehead atoms. The van der Waals surface area contributed by atoms with Gasteiger partial charge in [-0.2, -0.15) is 16.8 Å². The average Bonchev–Trinajstić information content (AvgIpc) is 2.40. The van der Waals surface area contributed by atoms with Crippen LogP contribution >= 0.6 is 0 Å². The van der Waals surface area contributed by atoms with E-state index in [9.17, 15) is 5.11 Å². The van der Waals surface area contributed by atoms with Gasteiger partial charge in [0, 0.05) is 0 Å². The molecule has 18 nitrogen and oxygen atoms in total. The van der Waals surface area contributed by atoms with Crippen molar-refractivity contribution in [2.45, 2.75) is 30.6 Å². The average molecular weight is 507 g/mol. The molecule has 0 rings (SSSR count). The Bertz CT molecular complexity index is 496. The molecule has 28 heavy (non-hydrogen) atoms. The topological polar surface area (TPSA) is 344 Å². The number of rotatable bonds is 7. The fourth-order valence-electron chi connectivity index (χ4n) is 0.848. The van der Waals surface area contributed by atoms with Crippen molar-refractivity contribution >= 4 is 20.8 Å². The van der Waals surface area contributed by atoms with Crippen LogP contribution in [0, 0.1) is 0 Å². The third-order valence-corrected chi connectivity index (χ3v) is 1.78. The number of nitrogens with one attached hydrogen (secondary N) is 1. The second-order valence-corrected chi connectivity index (χ2v) is 5.56. The largest absolute Gasteiger partial charge is 1.00 e. The van der Waals surface area contributed by atoms with Crippen LogP contribution in [0.5, 0.6) is 0 Å². The molecule has 0 heterocycles. The van der Waals surface area contributed by atoms with Crippen molar-refractivity contribution in [1.29, 1.82) is 0 Å². The van der Waals surface area contributed by atoms with Crippen molar-refractivity contribution < 1.29 is 165 Å². The maximum atomic E-state index is 9.18. The Balaban J connectivity index is -0.0000000460. The van der Waals surface area contributed by atoms with Crippen LogP contribution in [0.1, 0.15) is 2.85 Å². The number of hydroxylamine groups is 1. The Hall–Kier alpha value is 1.98. The third kappa shape index (κ3) is 38.6. The summed E-state index contributed by atoms with van der Waals surface area (Å²) in [6.07, 6.45) is -9.29. The monoisotopic (exact) mass is 507 g/mol. The summed E-state index contributed by atoms with van der Waals surface area (Å²) in [6.45, 7) is -0.828. The second kappa shape index (κ2) is 22.2. The molecule has 0 spiro atoms. The minimum Gasteiger partial charge on any atom is -1.00 e. The van der Waals surface area contributed by atoms with Gasteiger partial charge in [0.05, 0.1) is 6.61 Å². The summed E-state index contributed by atoms with van der Waals surface area (Å²) < 4.78 is 63.2. The molecule has 168 valence electrons. The van der Waals surface area contributed by atoms with Gasteiger partial charge in [-0.25, -0.2) is 5.26 Å². The van der Waals surface area contributed by atoms with Gasteiger partial charge in [-0.1, -0.05) is 0 Å². The summed E-state index contributed by atoms with van der Waals surface area (Å²) in [5.41, 5.74) is 1.48. The minimum absolute atomic E-state index is 0. The molecule has 0 aromatic carbocycles. The van der Waals surface area contributed by atoms with E-state index in [0.29, 0.717) is 0 Å². The Morgan fingerprint density at radius 1 is 0.821 bits per heavy atom. The van der Waals surface area contributed by atoms with Crippen LogP contribution in [0.15, 0.2) is 0 Å². The molecule has 5 atom stereocenters. The Labute approximate surface area is 226 Å². The zero-order valence-corrected chi connectivity index (χ0v) is 21.1. The third-order valence-electron chi connectivity index (χ3n) is 1.78. The Morgan fingerprint density at radius 3 is 1.32 bits per heavy atom. The molecule has 0 saturated heterocycles. The van der Waals surface area contributed by atoms with Gasteiger partial charge < -0.3 is 39.0 Å². The van der Waals surface area contributed by atoms with Crippen molar-refractivity contribution in [1.82, 2.24) is 5.48 Å². The summed E-state index contributed by atoms with van der Waals surface area (Å²) in [7, 11) is -9.33. The molecule has 22 heteroatoms. The molecule has 14 N–H and O–H groups in total. The molecule has 1 unspecified atom stereocenters. The maximum Gasteiger partial charge on any atom is 1.00 e. The van der Waals surface area contributed by atoms with Gasteiger partial charge in [-0.05, 0) is 0 Å². The van der Waals surface area contributed by atoms with E-state index in [1.807, 2.05) is 0 Å². The van der Waals surface area contributed by atoms with Crippen molar-refractivity contribution in [2.24, 2.45) is 0 Å². The van der Waals surface area contributed by atoms with E-state index in [1.165, 1.54) is 5.48 Å². The molecule has 0 fully saturated rings. The molecule has 0 amide bonds. The summed E-state index contributed by atoms with van der Waals surface area (Å²) in [5, 5.41) is 61.5. The first-order chi connectivity index (χ1) is 11.0. The van der Waals surface area contributed by atoms with Crippen LogP contribution in [-0.4, -0.2) is 114 Å². The first-order valence-electron chi connectivity index (χ1n) is 5.42. The van der Waals surface area contributed by atoms with Crippen LogP contribution in [0.3, 0.4) is 0 Å². The van der Waals surface area contributed by atoms with E-state index in [-0.39, 0.29) is 89.3 Å². The van der Waals surface area contributed by atoms with Crippen LogP contribution < -0.4 is 86.4 Å². The SMILES string of the molecule is O.O=S(=O)(O)O.O=S(=O)(O)O.OC[C@@H](O)[C@@H](O)[C@H](O)[C@@H](O)C(O)NOO.[H-].[H-].[K+].[Na+]. The van der Waals surface area contributed by atoms with Gasteiger partial charge in [0.15, 0.2) is 6.23 Å². The van der Waals surface area contributed by atoms with Crippen LogP contribution in [0.2, 0.25) is 0 Å². The predicted octanol–water partition coefficient (Wildman–Crippen LogP) is -12.2. The summed E-state index contributed by atoms with van der Waals surface area (Å²) in [6, 6.07) is 0. The fourth-order valence-corrected chi connectivity index (χ4v) is 0.848. The van der Waals surface area contributed by atoms with E-state index >= 15 is 0 Å². The predicted molar refractivity (Wildman–Crippen MR) is 78.2 cm³/mol. The molecule has 0 radical (unpaired) electrons. The van der Waals surface area contributed by atoms with Crippen LogP contribution in [0.25, 0.3) is 0 Å². The van der Waals surface area contributed by atoms with Crippen molar-refractivity contribution in [3.05, 3.63) is 0 Å². The molecule has 0 aliphatic rings. The van der Waals surface area contributed by atoms with E-state index in [2.05, 4.69) is 4.99 Å². The molecule has 0 saturated carbocycles. The first kappa shape index (κ1) is 43.8. The Morgan fingerprint density at radius 2 is 1.11 bits per heavy atom. The van der Waals surface area contributed by atoms with E-state index in [4.69, 9.17) is 65.8 Å². The van der Waals surface area contributed by atoms with Crippen LogP contribution in [0.4, 0.5) is 0 Å². The quantitative estimate of drug-likeness (QED) is 0.0500. The fraction of sp³-hybridized carbons (Fsp3) is 1.00. The molecule has 0 aliphatic carbocycles. The van der Waals surface area contributed by atoms with Gasteiger partial charge in [-0.15, -0.1) is 10.5 Å². The van der Waals surface area contributed by atoms with E-state index < -0.39 is 58.0 Å². The second-order valence-electron chi connectivity index (χ2n) is 3.77.